The van der Waals surface area contributed by atoms with Gasteiger partial charge in [-0.05, 0) is 19.4 Å². The van der Waals surface area contributed by atoms with E-state index in [9.17, 15) is 9.18 Å². The van der Waals surface area contributed by atoms with Gasteiger partial charge in [0.2, 0.25) is 0 Å². The number of carbonyl (C=O) groups is 1. The van der Waals surface area contributed by atoms with Crippen LogP contribution >= 0.6 is 0 Å². The molecule has 0 amide bonds. The maximum atomic E-state index is 12.8. The fourth-order valence-electron chi connectivity index (χ4n) is 1.27. The zero-order chi connectivity index (χ0) is 8.77. The lowest BCUT2D eigenvalue weighted by molar-refractivity contribution is 0.0892. The Balaban J connectivity index is 2.23. The highest BCUT2D eigenvalue weighted by Crippen LogP contribution is 2.50. The average Bonchev–Trinajstić information content (AvgIpc) is 2.59. The van der Waals surface area contributed by atoms with E-state index in [0.29, 0.717) is 12.0 Å². The predicted molar refractivity (Wildman–Crippen MR) is 40.7 cm³/mol. The Labute approximate surface area is 69.4 Å². The van der Waals surface area contributed by atoms with Crippen LogP contribution in [0.25, 0.3) is 0 Å². The standard InChI is InChI=1S/C9H9FO2/c1-9(4-7(9)10)8(11)6-2-3-12-5-6/h2-3,5,7H,4H2,1H3. The van der Waals surface area contributed by atoms with Crippen LogP contribution in [0.5, 0.6) is 0 Å². The van der Waals surface area contributed by atoms with Crippen molar-refractivity contribution in [2.75, 3.05) is 0 Å². The molecule has 1 aliphatic rings. The van der Waals surface area contributed by atoms with Crippen LogP contribution in [-0.4, -0.2) is 12.0 Å². The Hall–Kier alpha value is -1.12. The molecule has 12 heavy (non-hydrogen) atoms. The highest BCUT2D eigenvalue weighted by Gasteiger charge is 2.57. The molecule has 0 N–H and O–H groups in total. The number of alkyl halides is 1. The van der Waals surface area contributed by atoms with E-state index in [2.05, 4.69) is 0 Å². The first-order valence-electron chi connectivity index (χ1n) is 3.85. The van der Waals surface area contributed by atoms with Gasteiger partial charge in [-0.2, -0.15) is 0 Å². The van der Waals surface area contributed by atoms with Gasteiger partial charge in [-0.1, -0.05) is 0 Å². The van der Waals surface area contributed by atoms with Crippen molar-refractivity contribution in [3.63, 3.8) is 0 Å². The number of Topliss-reactive ketones (excluding diaryl/α,β-unsaturated/α-hetero) is 1. The number of halogens is 1. The zero-order valence-electron chi connectivity index (χ0n) is 6.71. The smallest absolute Gasteiger partial charge is 0.174 e. The second-order valence-electron chi connectivity index (χ2n) is 3.43. The van der Waals surface area contributed by atoms with E-state index < -0.39 is 11.6 Å². The molecule has 0 radical (unpaired) electrons. The summed E-state index contributed by atoms with van der Waals surface area (Å²) in [6.45, 7) is 1.65. The Bertz CT molecular complexity index is 304. The minimum atomic E-state index is -0.972. The first-order chi connectivity index (χ1) is 5.64. The Morgan fingerprint density at radius 2 is 2.50 bits per heavy atom. The van der Waals surface area contributed by atoms with Gasteiger partial charge in [0.1, 0.15) is 12.4 Å². The van der Waals surface area contributed by atoms with Gasteiger partial charge in [-0.25, -0.2) is 4.39 Å². The van der Waals surface area contributed by atoms with Gasteiger partial charge in [-0.3, -0.25) is 4.79 Å². The fraction of sp³-hybridized carbons (Fsp3) is 0.444. The number of rotatable bonds is 2. The second-order valence-corrected chi connectivity index (χ2v) is 3.43. The van der Waals surface area contributed by atoms with Crippen LogP contribution in [0.3, 0.4) is 0 Å². The van der Waals surface area contributed by atoms with E-state index in [1.807, 2.05) is 0 Å². The summed E-state index contributed by atoms with van der Waals surface area (Å²) in [7, 11) is 0. The summed E-state index contributed by atoms with van der Waals surface area (Å²) in [5, 5.41) is 0. The van der Waals surface area contributed by atoms with Crippen LogP contribution in [0.2, 0.25) is 0 Å². The number of carbonyl (C=O) groups excluding carboxylic acids is 1. The maximum Gasteiger partial charge on any atom is 0.174 e. The van der Waals surface area contributed by atoms with Crippen LogP contribution < -0.4 is 0 Å². The van der Waals surface area contributed by atoms with Crippen LogP contribution in [0, 0.1) is 5.41 Å². The fourth-order valence-corrected chi connectivity index (χ4v) is 1.27. The van der Waals surface area contributed by atoms with Crippen molar-refractivity contribution in [2.45, 2.75) is 19.5 Å². The molecule has 3 heteroatoms. The molecule has 2 rings (SSSR count). The molecule has 0 spiro atoms. The van der Waals surface area contributed by atoms with Crippen molar-refractivity contribution in [1.82, 2.24) is 0 Å². The van der Waals surface area contributed by atoms with Crippen molar-refractivity contribution in [2.24, 2.45) is 5.41 Å². The molecule has 1 aromatic rings. The van der Waals surface area contributed by atoms with E-state index in [-0.39, 0.29) is 5.78 Å². The molecule has 1 aromatic heterocycles. The van der Waals surface area contributed by atoms with Crippen LogP contribution in [0.15, 0.2) is 23.0 Å². The molecule has 1 aliphatic carbocycles. The van der Waals surface area contributed by atoms with E-state index >= 15 is 0 Å². The van der Waals surface area contributed by atoms with E-state index in [4.69, 9.17) is 4.42 Å². The van der Waals surface area contributed by atoms with Crippen LogP contribution in [0.1, 0.15) is 23.7 Å². The summed E-state index contributed by atoms with van der Waals surface area (Å²) >= 11 is 0. The van der Waals surface area contributed by atoms with Crippen molar-refractivity contribution >= 4 is 5.78 Å². The lowest BCUT2D eigenvalue weighted by atomic mass is 9.99. The summed E-state index contributed by atoms with van der Waals surface area (Å²) < 4.78 is 17.5. The third-order valence-corrected chi connectivity index (χ3v) is 2.44. The zero-order valence-corrected chi connectivity index (χ0v) is 6.71. The van der Waals surface area contributed by atoms with Gasteiger partial charge in [0.05, 0.1) is 17.2 Å². The average molecular weight is 168 g/mol. The number of ketones is 1. The van der Waals surface area contributed by atoms with Crippen molar-refractivity contribution in [3.05, 3.63) is 24.2 Å². The predicted octanol–water partition coefficient (Wildman–Crippen LogP) is 2.21. The first kappa shape index (κ1) is 7.53. The summed E-state index contributed by atoms with van der Waals surface area (Å²) in [6, 6.07) is 1.57. The molecule has 2 nitrogen and oxygen atoms in total. The highest BCUT2D eigenvalue weighted by molar-refractivity contribution is 6.02. The number of furan rings is 1. The lowest BCUT2D eigenvalue weighted by Crippen LogP contribution is -2.14. The highest BCUT2D eigenvalue weighted by atomic mass is 19.1. The molecule has 64 valence electrons. The normalized spacial score (nSPS) is 33.3. The van der Waals surface area contributed by atoms with Gasteiger partial charge in [0.25, 0.3) is 0 Å². The number of hydrogen-bond acceptors (Lipinski definition) is 2. The van der Waals surface area contributed by atoms with Crippen molar-refractivity contribution < 1.29 is 13.6 Å². The number of hydrogen-bond donors (Lipinski definition) is 0. The van der Waals surface area contributed by atoms with E-state index in [1.165, 1.54) is 12.5 Å². The van der Waals surface area contributed by atoms with Gasteiger partial charge in [-0.15, -0.1) is 0 Å². The Morgan fingerprint density at radius 1 is 1.83 bits per heavy atom. The van der Waals surface area contributed by atoms with Crippen LogP contribution in [0.4, 0.5) is 4.39 Å². The summed E-state index contributed by atoms with van der Waals surface area (Å²) in [5.41, 5.74) is -0.304. The summed E-state index contributed by atoms with van der Waals surface area (Å²) in [5.74, 6) is -0.149. The molecular weight excluding hydrogens is 159 g/mol. The summed E-state index contributed by atoms with van der Waals surface area (Å²) in [4.78, 5) is 11.5. The van der Waals surface area contributed by atoms with Crippen molar-refractivity contribution in [3.8, 4) is 0 Å². The minimum absolute atomic E-state index is 0.149. The van der Waals surface area contributed by atoms with Gasteiger partial charge >= 0.3 is 0 Å². The van der Waals surface area contributed by atoms with Gasteiger partial charge in [0.15, 0.2) is 5.78 Å². The first-order valence-corrected chi connectivity index (χ1v) is 3.85. The third-order valence-electron chi connectivity index (χ3n) is 2.44. The Kier molecular flexibility index (Phi) is 1.37. The topological polar surface area (TPSA) is 30.2 Å². The molecule has 1 fully saturated rings. The lowest BCUT2D eigenvalue weighted by Gasteiger charge is -2.03. The molecule has 2 unspecified atom stereocenters. The van der Waals surface area contributed by atoms with E-state index in [1.54, 1.807) is 13.0 Å². The monoisotopic (exact) mass is 168 g/mol. The van der Waals surface area contributed by atoms with Crippen molar-refractivity contribution in [1.29, 1.82) is 0 Å². The third kappa shape index (κ3) is 0.891. The van der Waals surface area contributed by atoms with Gasteiger partial charge in [0, 0.05) is 0 Å². The molecule has 1 heterocycles. The molecule has 2 atom stereocenters. The summed E-state index contributed by atoms with van der Waals surface area (Å²) in [6.07, 6.45) is 2.15. The molecular formula is C9H9FO2. The van der Waals surface area contributed by atoms with Gasteiger partial charge < -0.3 is 4.42 Å². The largest absolute Gasteiger partial charge is 0.472 e. The SMILES string of the molecule is CC1(C(=O)c2ccoc2)CC1F. The van der Waals surface area contributed by atoms with E-state index in [0.717, 1.165) is 0 Å². The molecule has 0 bridgehead atoms. The minimum Gasteiger partial charge on any atom is -0.472 e. The molecule has 0 saturated heterocycles. The quantitative estimate of drug-likeness (QED) is 0.634. The maximum absolute atomic E-state index is 12.8. The molecule has 1 saturated carbocycles. The Morgan fingerprint density at radius 3 is 2.92 bits per heavy atom. The second kappa shape index (κ2) is 2.19. The van der Waals surface area contributed by atoms with Crippen LogP contribution in [-0.2, 0) is 0 Å². The molecule has 0 aliphatic heterocycles. The molecule has 0 aromatic carbocycles.